The minimum Gasteiger partial charge on any atom is -0.480 e. The van der Waals surface area contributed by atoms with Gasteiger partial charge in [0.1, 0.15) is 22.9 Å². The number of aliphatic imine (C=N–C) groups is 1. The Kier molecular flexibility index (Phi) is 7.54. The third kappa shape index (κ3) is 5.57. The van der Waals surface area contributed by atoms with Crippen molar-refractivity contribution in [2.24, 2.45) is 4.99 Å². The van der Waals surface area contributed by atoms with Crippen LogP contribution in [-0.4, -0.2) is 58.6 Å². The number of fused-ring (bicyclic) bond motifs is 1. The van der Waals surface area contributed by atoms with E-state index in [2.05, 4.69) is 37.7 Å². The fourth-order valence-electron chi connectivity index (χ4n) is 2.67. The summed E-state index contributed by atoms with van der Waals surface area (Å²) in [6.45, 7) is 9.08. The van der Waals surface area contributed by atoms with Crippen molar-refractivity contribution in [3.63, 3.8) is 0 Å². The molecule has 0 saturated carbocycles. The number of amides is 1. The van der Waals surface area contributed by atoms with E-state index in [1.54, 1.807) is 33.0 Å². The number of carbonyl (C=O) groups is 1. The highest BCUT2D eigenvalue weighted by Crippen LogP contribution is 2.21. The predicted octanol–water partition coefficient (Wildman–Crippen LogP) is 2.17. The molecule has 0 aliphatic heterocycles. The van der Waals surface area contributed by atoms with Gasteiger partial charge >= 0.3 is 0 Å². The third-order valence-corrected chi connectivity index (χ3v) is 4.16. The standard InChI is InChI=1S/C20H29N7O3/c1-7-8-14(19(22-5)30-6)25-15-11-16(21-4)27-17(26-15)13(12-24-27)18(28)23-10-9-20(2,3)29/h7-8,11-12,21,29H,5,9-10H2,1-4,6H3,(H,23,28)(H,25,26)/b8-7-,19-14-. The molecule has 162 valence electrons. The molecule has 0 saturated heterocycles. The first-order valence-electron chi connectivity index (χ1n) is 9.46. The number of methoxy groups -OCH3 is 1. The van der Waals surface area contributed by atoms with Gasteiger partial charge in [0.05, 0.1) is 18.9 Å². The van der Waals surface area contributed by atoms with Crippen molar-refractivity contribution in [3.05, 3.63) is 41.6 Å². The molecule has 0 radical (unpaired) electrons. The van der Waals surface area contributed by atoms with Gasteiger partial charge in [0, 0.05) is 19.7 Å². The second kappa shape index (κ2) is 9.88. The Balaban J connectivity index is 2.42. The molecule has 0 fully saturated rings. The quantitative estimate of drug-likeness (QED) is 0.266. The van der Waals surface area contributed by atoms with Crippen molar-refractivity contribution in [2.45, 2.75) is 32.8 Å². The number of rotatable bonds is 10. The normalized spacial score (nSPS) is 12.6. The molecule has 2 aromatic heterocycles. The number of hydrogen-bond acceptors (Lipinski definition) is 8. The topological polar surface area (TPSA) is 125 Å². The third-order valence-electron chi connectivity index (χ3n) is 4.16. The van der Waals surface area contributed by atoms with Crippen LogP contribution in [0.2, 0.25) is 0 Å². The number of anilines is 2. The van der Waals surface area contributed by atoms with Crippen molar-refractivity contribution in [3.8, 4) is 0 Å². The first-order valence-corrected chi connectivity index (χ1v) is 9.46. The lowest BCUT2D eigenvalue weighted by atomic mass is 10.1. The molecule has 0 spiro atoms. The average molecular weight is 415 g/mol. The van der Waals surface area contributed by atoms with E-state index in [9.17, 15) is 9.90 Å². The van der Waals surface area contributed by atoms with Crippen molar-refractivity contribution < 1.29 is 14.6 Å². The molecule has 0 atom stereocenters. The van der Waals surface area contributed by atoms with Gasteiger partial charge in [-0.1, -0.05) is 6.08 Å². The van der Waals surface area contributed by atoms with Gasteiger partial charge in [0.15, 0.2) is 5.65 Å². The highest BCUT2D eigenvalue weighted by atomic mass is 16.5. The number of carbonyl (C=O) groups excluding carboxylic acids is 1. The average Bonchev–Trinajstić information content (AvgIpc) is 3.11. The molecule has 1 amide bonds. The molecule has 2 heterocycles. The van der Waals surface area contributed by atoms with Crippen molar-refractivity contribution in [1.29, 1.82) is 0 Å². The molecule has 4 N–H and O–H groups in total. The van der Waals surface area contributed by atoms with Crippen LogP contribution >= 0.6 is 0 Å². The molecule has 10 nitrogen and oxygen atoms in total. The first kappa shape index (κ1) is 22.9. The van der Waals surface area contributed by atoms with E-state index in [0.29, 0.717) is 47.4 Å². The van der Waals surface area contributed by atoms with Crippen molar-refractivity contribution >= 4 is 29.9 Å². The zero-order valence-corrected chi connectivity index (χ0v) is 18.0. The molecule has 30 heavy (non-hydrogen) atoms. The first-order chi connectivity index (χ1) is 14.2. The van der Waals surface area contributed by atoms with Crippen LogP contribution < -0.4 is 16.0 Å². The van der Waals surface area contributed by atoms with Gasteiger partial charge in [-0.2, -0.15) is 9.61 Å². The summed E-state index contributed by atoms with van der Waals surface area (Å²) in [4.78, 5) is 21.1. The van der Waals surface area contributed by atoms with E-state index in [1.165, 1.54) is 17.8 Å². The Labute approximate surface area is 175 Å². The lowest BCUT2D eigenvalue weighted by Crippen LogP contribution is -2.30. The maximum Gasteiger partial charge on any atom is 0.256 e. The number of nitrogens with zero attached hydrogens (tertiary/aromatic N) is 4. The Morgan fingerprint density at radius 1 is 1.47 bits per heavy atom. The molecule has 0 bridgehead atoms. The zero-order valence-electron chi connectivity index (χ0n) is 18.0. The summed E-state index contributed by atoms with van der Waals surface area (Å²) in [6.07, 6.45) is 5.48. The van der Waals surface area contributed by atoms with Crippen LogP contribution in [0.25, 0.3) is 5.65 Å². The molecule has 0 aromatic carbocycles. The highest BCUT2D eigenvalue weighted by Gasteiger charge is 2.19. The fourth-order valence-corrected chi connectivity index (χ4v) is 2.67. The van der Waals surface area contributed by atoms with Gasteiger partial charge in [-0.15, -0.1) is 0 Å². The predicted molar refractivity (Wildman–Crippen MR) is 118 cm³/mol. The van der Waals surface area contributed by atoms with Crippen LogP contribution in [0.5, 0.6) is 0 Å². The summed E-state index contributed by atoms with van der Waals surface area (Å²) in [7, 11) is 3.25. The highest BCUT2D eigenvalue weighted by molar-refractivity contribution is 6.00. The lowest BCUT2D eigenvalue weighted by Gasteiger charge is -2.16. The van der Waals surface area contributed by atoms with Crippen LogP contribution in [-0.2, 0) is 4.74 Å². The van der Waals surface area contributed by atoms with E-state index in [4.69, 9.17) is 4.74 Å². The van der Waals surface area contributed by atoms with Gasteiger partial charge in [0.2, 0.25) is 5.88 Å². The van der Waals surface area contributed by atoms with E-state index in [1.807, 2.05) is 13.0 Å². The second-order valence-electron chi connectivity index (χ2n) is 7.09. The number of aliphatic hydroxyl groups is 1. The molecule has 0 unspecified atom stereocenters. The maximum absolute atomic E-state index is 12.7. The SMILES string of the molecule is C=N/C(OC)=C(\C=C/C)Nc1cc(NC)n2ncc(C(=O)NCCC(C)(C)O)c2n1. The van der Waals surface area contributed by atoms with Gasteiger partial charge in [-0.25, -0.2) is 9.98 Å². The molecular formula is C20H29N7O3. The van der Waals surface area contributed by atoms with Gasteiger partial charge < -0.3 is 25.8 Å². The fraction of sp³-hybridized carbons (Fsp3) is 0.400. The Morgan fingerprint density at radius 2 is 2.20 bits per heavy atom. The van der Waals surface area contributed by atoms with Crippen LogP contribution in [0.15, 0.2) is 41.0 Å². The summed E-state index contributed by atoms with van der Waals surface area (Å²) in [5.74, 6) is 1.07. The minimum atomic E-state index is -0.864. The number of hydrogen-bond donors (Lipinski definition) is 4. The van der Waals surface area contributed by atoms with E-state index in [0.717, 1.165) is 0 Å². The molecule has 0 aliphatic carbocycles. The van der Waals surface area contributed by atoms with E-state index >= 15 is 0 Å². The van der Waals surface area contributed by atoms with Crippen LogP contribution in [0.3, 0.4) is 0 Å². The van der Waals surface area contributed by atoms with E-state index < -0.39 is 5.60 Å². The Bertz CT molecular complexity index is 971. The summed E-state index contributed by atoms with van der Waals surface area (Å²) < 4.78 is 6.78. The molecule has 2 aromatic rings. The lowest BCUT2D eigenvalue weighted by molar-refractivity contribution is 0.0693. The van der Waals surface area contributed by atoms with Crippen LogP contribution in [0.1, 0.15) is 37.6 Å². The van der Waals surface area contributed by atoms with Crippen LogP contribution in [0.4, 0.5) is 11.6 Å². The number of ether oxygens (including phenoxy) is 1. The number of allylic oxidation sites excluding steroid dienone is 2. The summed E-state index contributed by atoms with van der Waals surface area (Å²) in [5, 5.41) is 23.1. The Hall–Kier alpha value is -3.40. The molecule has 2 rings (SSSR count). The summed E-state index contributed by atoms with van der Waals surface area (Å²) in [6, 6.07) is 1.75. The largest absolute Gasteiger partial charge is 0.480 e. The van der Waals surface area contributed by atoms with Crippen molar-refractivity contribution in [1.82, 2.24) is 19.9 Å². The maximum atomic E-state index is 12.7. The monoisotopic (exact) mass is 415 g/mol. The summed E-state index contributed by atoms with van der Waals surface area (Å²) in [5.41, 5.74) is 0.382. The smallest absolute Gasteiger partial charge is 0.256 e. The molecule has 10 heteroatoms. The number of aromatic nitrogens is 3. The Morgan fingerprint density at radius 3 is 2.77 bits per heavy atom. The minimum absolute atomic E-state index is 0.305. The second-order valence-corrected chi connectivity index (χ2v) is 7.09. The van der Waals surface area contributed by atoms with Gasteiger partial charge in [0.25, 0.3) is 5.91 Å². The van der Waals surface area contributed by atoms with Gasteiger partial charge in [-0.05, 0) is 40.0 Å². The zero-order chi connectivity index (χ0) is 22.3. The molecule has 0 aliphatic rings. The summed E-state index contributed by atoms with van der Waals surface area (Å²) >= 11 is 0. The van der Waals surface area contributed by atoms with Crippen molar-refractivity contribution in [2.75, 3.05) is 31.3 Å². The van der Waals surface area contributed by atoms with Gasteiger partial charge in [-0.3, -0.25) is 4.79 Å². The van der Waals surface area contributed by atoms with E-state index in [-0.39, 0.29) is 5.91 Å². The van der Waals surface area contributed by atoms with Crippen LogP contribution in [0, 0.1) is 0 Å². The number of nitrogens with one attached hydrogen (secondary N) is 3. The molecular weight excluding hydrogens is 386 g/mol.